The molecule has 0 heterocycles. The van der Waals surface area contributed by atoms with Crippen molar-refractivity contribution in [3.8, 4) is 0 Å². The van der Waals surface area contributed by atoms with Crippen molar-refractivity contribution in [1.29, 1.82) is 0 Å². The van der Waals surface area contributed by atoms with Crippen molar-refractivity contribution in [2.24, 2.45) is 0 Å². The molecule has 0 spiro atoms. The number of ether oxygens (including phenoxy) is 5. The van der Waals surface area contributed by atoms with Crippen molar-refractivity contribution in [3.63, 3.8) is 0 Å². The maximum Gasteiger partial charge on any atom is 0.460 e. The first-order valence-electron chi connectivity index (χ1n) is 17.1. The van der Waals surface area contributed by atoms with E-state index in [4.69, 9.17) is 5.11 Å². The zero-order valence-electron chi connectivity index (χ0n) is 33.5. The average Bonchev–Trinajstić information content (AvgIpc) is 3.18. The summed E-state index contributed by atoms with van der Waals surface area (Å²) in [4.78, 5) is 45.8. The molecule has 0 amide bonds. The lowest BCUT2D eigenvalue weighted by atomic mass is 9.71. The molecule has 0 aliphatic carbocycles. The van der Waals surface area contributed by atoms with Gasteiger partial charge in [0.25, 0.3) is 0 Å². The summed E-state index contributed by atoms with van der Waals surface area (Å²) in [7, 11) is 0. The third-order valence-corrected chi connectivity index (χ3v) is 8.81. The lowest BCUT2D eigenvalue weighted by Gasteiger charge is -2.49. The Kier molecular flexibility index (Phi) is 19.6. The summed E-state index contributed by atoms with van der Waals surface area (Å²) < 4.78 is 488. The smallest absolute Gasteiger partial charge is 0.460 e. The van der Waals surface area contributed by atoms with Crippen LogP contribution in [0, 0.1) is 0 Å². The number of aldehydes is 1. The third-order valence-electron chi connectivity index (χ3n) is 8.81. The van der Waals surface area contributed by atoms with Gasteiger partial charge in [0, 0.05) is 12.8 Å². The number of hydrogen-bond donors (Lipinski definition) is 2. The van der Waals surface area contributed by atoms with Gasteiger partial charge in [-0.2, -0.15) is 145 Å². The first-order chi connectivity index (χ1) is 32.1. The van der Waals surface area contributed by atoms with E-state index in [1.165, 1.54) is 0 Å². The Balaban J connectivity index is 8.08. The molecule has 0 rings (SSSR count). The molecule has 74 heavy (non-hydrogen) atoms. The highest BCUT2D eigenvalue weighted by molar-refractivity contribution is 5.81. The quantitative estimate of drug-likeness (QED) is 0.0319. The lowest BCUT2D eigenvalue weighted by Crippen LogP contribution is -2.80. The third kappa shape index (κ3) is 11.2. The van der Waals surface area contributed by atoms with Crippen LogP contribution in [0.15, 0.2) is 0 Å². The van der Waals surface area contributed by atoms with Crippen LogP contribution in [0.4, 0.5) is 149 Å². The highest BCUT2D eigenvalue weighted by atomic mass is 19.5. The van der Waals surface area contributed by atoms with Crippen molar-refractivity contribution >= 4 is 24.2 Å². The van der Waals surface area contributed by atoms with E-state index in [0.29, 0.717) is 0 Å². The Bertz CT molecular complexity index is 1980. The molecule has 0 saturated carbocycles. The molecular weight excluding hydrogens is 1170 g/mol. The molecule has 2 N–H and O–H groups in total. The highest BCUT2D eigenvalue weighted by Gasteiger charge is 2.97. The molecule has 0 aliphatic rings. The van der Waals surface area contributed by atoms with Gasteiger partial charge in [0.05, 0.1) is 19.8 Å². The molecular formula is C29H18F34O11. The van der Waals surface area contributed by atoms with E-state index in [9.17, 15) is 160 Å². The fraction of sp³-hybridized carbons (Fsp3) is 0.862. The topological polar surface area (TPSA) is 155 Å². The number of carboxylic acid groups (broad SMARTS) is 2. The SMILES string of the molecule is O=CCOC(CC(CCOCCOCC(=O)O)OC(=O)C(F)(F)C(F)(F)OC(F)(F)C(F)(F)C(F)(F)C(F)(F)C(F)(F)C(F)(F)C(F)(F)C(F)(F)F)(C(=O)O)C(F)(C(F)(F)F)C(F)(F)C(F)(F)C(F)(F)C(F)(F)F. The summed E-state index contributed by atoms with van der Waals surface area (Å²) in [6.07, 6.45) is -55.3. The summed E-state index contributed by atoms with van der Waals surface area (Å²) in [6, 6.07) is 0. The number of esters is 1. The van der Waals surface area contributed by atoms with Crippen molar-refractivity contribution in [3.05, 3.63) is 0 Å². The van der Waals surface area contributed by atoms with Gasteiger partial charge in [-0.3, -0.25) is 0 Å². The zero-order chi connectivity index (χ0) is 60.0. The van der Waals surface area contributed by atoms with Crippen LogP contribution in [0.5, 0.6) is 0 Å². The lowest BCUT2D eigenvalue weighted by molar-refractivity contribution is -0.508. The van der Waals surface area contributed by atoms with Crippen LogP contribution in [0.2, 0.25) is 0 Å². The first kappa shape index (κ1) is 69.5. The van der Waals surface area contributed by atoms with E-state index in [2.05, 4.69) is 18.9 Å². The molecule has 3 unspecified atom stereocenters. The predicted octanol–water partition coefficient (Wildman–Crippen LogP) is 9.79. The second-order valence-electron chi connectivity index (χ2n) is 13.7. The summed E-state index contributed by atoms with van der Waals surface area (Å²) in [5, 5.41) is 17.9. The van der Waals surface area contributed by atoms with Gasteiger partial charge in [-0.1, -0.05) is 0 Å². The van der Waals surface area contributed by atoms with Crippen LogP contribution in [-0.2, 0) is 42.9 Å². The van der Waals surface area contributed by atoms with Crippen LogP contribution >= 0.6 is 0 Å². The summed E-state index contributed by atoms with van der Waals surface area (Å²) in [5.41, 5.74) is -15.5. The van der Waals surface area contributed by atoms with Gasteiger partial charge in [0.2, 0.25) is 5.60 Å². The Morgan fingerprint density at radius 2 is 0.811 bits per heavy atom. The number of rotatable bonds is 29. The molecule has 0 fully saturated rings. The molecule has 438 valence electrons. The van der Waals surface area contributed by atoms with E-state index >= 15 is 13.2 Å². The largest absolute Gasteiger partial charge is 0.480 e. The molecule has 11 nitrogen and oxygen atoms in total. The van der Waals surface area contributed by atoms with Gasteiger partial charge in [0.1, 0.15) is 25.6 Å². The van der Waals surface area contributed by atoms with Gasteiger partial charge in [-0.25, -0.2) is 23.5 Å². The number of carbonyl (C=O) groups excluding carboxylic acids is 2. The van der Waals surface area contributed by atoms with Crippen molar-refractivity contribution < 1.29 is 202 Å². The second-order valence-corrected chi connectivity index (χ2v) is 13.7. The van der Waals surface area contributed by atoms with Crippen LogP contribution in [0.25, 0.3) is 0 Å². The van der Waals surface area contributed by atoms with Gasteiger partial charge in [0.15, 0.2) is 0 Å². The van der Waals surface area contributed by atoms with Crippen molar-refractivity contribution in [2.45, 2.75) is 120 Å². The van der Waals surface area contributed by atoms with Crippen LogP contribution in [0.1, 0.15) is 12.8 Å². The summed E-state index contributed by atoms with van der Waals surface area (Å²) in [5.74, 6) is -103. The number of carbonyl (C=O) groups is 4. The number of carboxylic acids is 2. The fourth-order valence-electron chi connectivity index (χ4n) is 4.92. The van der Waals surface area contributed by atoms with Gasteiger partial charge >= 0.3 is 114 Å². The van der Waals surface area contributed by atoms with Crippen molar-refractivity contribution in [2.75, 3.05) is 33.0 Å². The molecule has 3 atom stereocenters. The van der Waals surface area contributed by atoms with Gasteiger partial charge < -0.3 is 34.0 Å². The standard InChI is InChI=1S/C29H18F34O11/c30-14(31,28(60,61)74-29(62,63)24(49,50)21(43,44)19(39,40)18(37,38)20(41,42)23(47,48)27(57,58)59)12(69)73-9(1-3-70-5-6-71-8-10(65)66)7-13(11(67)68,72-4-2-64)15(32,25(51,52)53)16(33,34)17(35,36)22(45,46)26(54,55)56/h2,9H,1,3-8H2,(H,65,66)(H,67,68). The number of alkyl halides is 34. The van der Waals surface area contributed by atoms with E-state index in [1.54, 1.807) is 0 Å². The predicted molar refractivity (Wildman–Crippen MR) is 153 cm³/mol. The molecule has 0 bridgehead atoms. The summed E-state index contributed by atoms with van der Waals surface area (Å²) >= 11 is 0. The van der Waals surface area contributed by atoms with Gasteiger partial charge in [-0.05, 0) is 0 Å². The highest BCUT2D eigenvalue weighted by Crippen LogP contribution is 2.66. The number of hydrogen-bond acceptors (Lipinski definition) is 9. The van der Waals surface area contributed by atoms with E-state index < -0.39 is 177 Å². The minimum absolute atomic E-state index is 1.11. The van der Waals surface area contributed by atoms with Crippen LogP contribution < -0.4 is 0 Å². The minimum atomic E-state index is -9.64. The molecule has 0 aromatic carbocycles. The Morgan fingerprint density at radius 1 is 0.446 bits per heavy atom. The maximum absolute atomic E-state index is 16.2. The van der Waals surface area contributed by atoms with Gasteiger partial charge in [-0.15, -0.1) is 0 Å². The maximum atomic E-state index is 16.2. The monoisotopic (exact) mass is 1190 g/mol. The average molecular weight is 1190 g/mol. The van der Waals surface area contributed by atoms with Crippen LogP contribution in [0.3, 0.4) is 0 Å². The Labute approximate surface area is 380 Å². The minimum Gasteiger partial charge on any atom is -0.480 e. The first-order valence-corrected chi connectivity index (χ1v) is 17.1. The molecule has 0 aromatic heterocycles. The molecule has 0 radical (unpaired) electrons. The normalized spacial score (nSPS) is 17.3. The number of aliphatic carboxylic acids is 2. The number of halogens is 34. The Morgan fingerprint density at radius 3 is 1.16 bits per heavy atom. The van der Waals surface area contributed by atoms with E-state index in [0.717, 1.165) is 4.74 Å². The molecule has 0 aromatic rings. The molecule has 45 heteroatoms. The fourth-order valence-corrected chi connectivity index (χ4v) is 4.92. The van der Waals surface area contributed by atoms with E-state index in [-0.39, 0.29) is 0 Å². The Hall–Kier alpha value is -4.46. The molecule has 0 aliphatic heterocycles. The zero-order valence-corrected chi connectivity index (χ0v) is 33.5. The molecule has 0 saturated heterocycles. The van der Waals surface area contributed by atoms with E-state index in [1.807, 2.05) is 0 Å². The van der Waals surface area contributed by atoms with Crippen LogP contribution in [-0.4, -0.2) is 175 Å². The second kappa shape index (κ2) is 20.8. The summed E-state index contributed by atoms with van der Waals surface area (Å²) in [6.45, 7) is -8.80. The van der Waals surface area contributed by atoms with Crippen molar-refractivity contribution in [1.82, 2.24) is 0 Å².